The van der Waals surface area contributed by atoms with E-state index in [9.17, 15) is 0 Å². The standard InChI is InChI=1S/C21H13N7O/c1-2-13(12-6-9-29-11-12)18-15(3-1)25-21(26-18)20-19-16(27-28-20)5-4-14(24-19)17-10-22-7-8-23-17/h1-11H,(H,25,26)(H,27,28). The maximum atomic E-state index is 5.23. The van der Waals surface area contributed by atoms with Crippen LogP contribution in [0.15, 0.2) is 71.9 Å². The van der Waals surface area contributed by atoms with Crippen molar-refractivity contribution in [3.63, 3.8) is 0 Å². The second kappa shape index (κ2) is 6.10. The van der Waals surface area contributed by atoms with Gasteiger partial charge in [-0.1, -0.05) is 12.1 Å². The van der Waals surface area contributed by atoms with Gasteiger partial charge in [0.25, 0.3) is 0 Å². The lowest BCUT2D eigenvalue weighted by Gasteiger charge is -1.99. The molecule has 8 heteroatoms. The fourth-order valence-corrected chi connectivity index (χ4v) is 3.43. The van der Waals surface area contributed by atoms with Crippen molar-refractivity contribution in [2.24, 2.45) is 0 Å². The van der Waals surface area contributed by atoms with Crippen LogP contribution in [0.25, 0.3) is 56.1 Å². The molecule has 8 nitrogen and oxygen atoms in total. The van der Waals surface area contributed by atoms with Crippen LogP contribution in [-0.4, -0.2) is 35.1 Å². The molecule has 0 aliphatic carbocycles. The molecule has 0 spiro atoms. The Morgan fingerprint density at radius 1 is 0.862 bits per heavy atom. The minimum Gasteiger partial charge on any atom is -0.472 e. The van der Waals surface area contributed by atoms with E-state index in [1.807, 2.05) is 36.4 Å². The molecule has 0 amide bonds. The van der Waals surface area contributed by atoms with Crippen LogP contribution in [0, 0.1) is 0 Å². The molecule has 0 unspecified atom stereocenters. The third kappa shape index (κ3) is 2.50. The molecule has 0 fully saturated rings. The molecule has 0 saturated heterocycles. The number of fused-ring (bicyclic) bond motifs is 2. The number of imidazole rings is 1. The van der Waals surface area contributed by atoms with Crippen LogP contribution in [0.2, 0.25) is 0 Å². The van der Waals surface area contributed by atoms with Crippen LogP contribution in [0.5, 0.6) is 0 Å². The number of hydrogen-bond donors (Lipinski definition) is 2. The van der Waals surface area contributed by atoms with E-state index in [4.69, 9.17) is 14.4 Å². The summed E-state index contributed by atoms with van der Waals surface area (Å²) in [6.45, 7) is 0. The maximum absolute atomic E-state index is 5.23. The van der Waals surface area contributed by atoms with E-state index in [0.29, 0.717) is 17.2 Å². The lowest BCUT2D eigenvalue weighted by Crippen LogP contribution is -1.89. The van der Waals surface area contributed by atoms with E-state index >= 15 is 0 Å². The second-order valence-electron chi connectivity index (χ2n) is 6.55. The first-order chi connectivity index (χ1) is 14.4. The molecule has 29 heavy (non-hydrogen) atoms. The first-order valence-corrected chi connectivity index (χ1v) is 9.00. The van der Waals surface area contributed by atoms with E-state index < -0.39 is 0 Å². The Bertz CT molecular complexity index is 1450. The first kappa shape index (κ1) is 15.7. The van der Waals surface area contributed by atoms with Gasteiger partial charge in [-0.05, 0) is 24.3 Å². The Labute approximate surface area is 163 Å². The normalized spacial score (nSPS) is 11.4. The number of para-hydroxylation sites is 1. The van der Waals surface area contributed by atoms with Crippen LogP contribution in [-0.2, 0) is 0 Å². The summed E-state index contributed by atoms with van der Waals surface area (Å²) in [6, 6.07) is 11.7. The van der Waals surface area contributed by atoms with Crippen LogP contribution < -0.4 is 0 Å². The van der Waals surface area contributed by atoms with Crippen molar-refractivity contribution in [3.8, 4) is 34.0 Å². The highest BCUT2D eigenvalue weighted by atomic mass is 16.3. The van der Waals surface area contributed by atoms with Gasteiger partial charge in [0.2, 0.25) is 0 Å². The van der Waals surface area contributed by atoms with Crippen LogP contribution >= 0.6 is 0 Å². The average Bonchev–Trinajstić information content (AvgIpc) is 3.52. The molecule has 138 valence electrons. The number of rotatable bonds is 3. The minimum atomic E-state index is 0.644. The molecule has 0 radical (unpaired) electrons. The highest BCUT2D eigenvalue weighted by molar-refractivity contribution is 5.96. The fourth-order valence-electron chi connectivity index (χ4n) is 3.43. The number of hydrogen-bond acceptors (Lipinski definition) is 6. The van der Waals surface area contributed by atoms with Gasteiger partial charge in [0.15, 0.2) is 11.5 Å². The number of aromatic amines is 2. The van der Waals surface area contributed by atoms with Gasteiger partial charge in [-0.25, -0.2) is 9.97 Å². The summed E-state index contributed by atoms with van der Waals surface area (Å²) >= 11 is 0. The van der Waals surface area contributed by atoms with Crippen molar-refractivity contribution in [3.05, 3.63) is 67.5 Å². The Morgan fingerprint density at radius 2 is 1.86 bits per heavy atom. The summed E-state index contributed by atoms with van der Waals surface area (Å²) in [6.07, 6.45) is 8.33. The molecule has 2 N–H and O–H groups in total. The number of nitrogens with one attached hydrogen (secondary N) is 2. The predicted octanol–water partition coefficient (Wildman–Crippen LogP) is 4.22. The lowest BCUT2D eigenvalue weighted by molar-refractivity contribution is 0.568. The number of aromatic nitrogens is 7. The zero-order chi connectivity index (χ0) is 19.2. The smallest absolute Gasteiger partial charge is 0.161 e. The zero-order valence-electron chi connectivity index (χ0n) is 15.0. The summed E-state index contributed by atoms with van der Waals surface area (Å²) in [5.74, 6) is 0.644. The Balaban J connectivity index is 1.53. The molecular weight excluding hydrogens is 366 g/mol. The molecule has 6 rings (SSSR count). The zero-order valence-corrected chi connectivity index (χ0v) is 15.0. The number of H-pyrrole nitrogens is 2. The van der Waals surface area contributed by atoms with Crippen molar-refractivity contribution in [2.75, 3.05) is 0 Å². The number of pyridine rings is 1. The summed E-state index contributed by atoms with van der Waals surface area (Å²) in [4.78, 5) is 21.4. The van der Waals surface area contributed by atoms with Gasteiger partial charge in [0, 0.05) is 23.5 Å². The van der Waals surface area contributed by atoms with Crippen molar-refractivity contribution in [1.29, 1.82) is 0 Å². The first-order valence-electron chi connectivity index (χ1n) is 9.00. The Morgan fingerprint density at radius 3 is 2.72 bits per heavy atom. The quantitative estimate of drug-likeness (QED) is 0.476. The summed E-state index contributed by atoms with van der Waals surface area (Å²) < 4.78 is 5.23. The minimum absolute atomic E-state index is 0.644. The van der Waals surface area contributed by atoms with Gasteiger partial charge in [0.05, 0.1) is 41.0 Å². The van der Waals surface area contributed by atoms with Gasteiger partial charge < -0.3 is 9.40 Å². The maximum Gasteiger partial charge on any atom is 0.161 e. The number of nitrogens with zero attached hydrogens (tertiary/aromatic N) is 5. The van der Waals surface area contributed by atoms with E-state index in [1.165, 1.54) is 0 Å². The molecule has 0 bridgehead atoms. The van der Waals surface area contributed by atoms with E-state index in [2.05, 4.69) is 25.1 Å². The Hall–Kier alpha value is -4.33. The molecule has 0 saturated carbocycles. The van der Waals surface area contributed by atoms with Gasteiger partial charge in [-0.3, -0.25) is 15.1 Å². The van der Waals surface area contributed by atoms with E-state index in [0.717, 1.165) is 38.9 Å². The largest absolute Gasteiger partial charge is 0.472 e. The lowest BCUT2D eigenvalue weighted by atomic mass is 10.1. The topological polar surface area (TPSA) is 109 Å². The van der Waals surface area contributed by atoms with Gasteiger partial charge >= 0.3 is 0 Å². The van der Waals surface area contributed by atoms with Crippen molar-refractivity contribution >= 4 is 22.1 Å². The Kier molecular flexibility index (Phi) is 3.30. The molecule has 5 heterocycles. The van der Waals surface area contributed by atoms with E-state index in [1.54, 1.807) is 31.1 Å². The van der Waals surface area contributed by atoms with Crippen LogP contribution in [0.3, 0.4) is 0 Å². The average molecular weight is 379 g/mol. The van der Waals surface area contributed by atoms with Crippen molar-refractivity contribution in [2.45, 2.75) is 0 Å². The molecule has 1 aromatic carbocycles. The summed E-state index contributed by atoms with van der Waals surface area (Å²) in [5.41, 5.74) is 7.36. The fraction of sp³-hybridized carbons (Fsp3) is 0. The van der Waals surface area contributed by atoms with E-state index in [-0.39, 0.29) is 0 Å². The molecular formula is C21H13N7O. The second-order valence-corrected chi connectivity index (χ2v) is 6.55. The summed E-state index contributed by atoms with van der Waals surface area (Å²) in [5, 5.41) is 7.48. The molecule has 0 aliphatic heterocycles. The van der Waals surface area contributed by atoms with Crippen LogP contribution in [0.1, 0.15) is 0 Å². The third-order valence-electron chi connectivity index (χ3n) is 4.80. The number of benzene rings is 1. The van der Waals surface area contributed by atoms with Crippen molar-refractivity contribution in [1.82, 2.24) is 35.1 Å². The molecule has 5 aromatic heterocycles. The predicted molar refractivity (Wildman–Crippen MR) is 108 cm³/mol. The molecule has 0 atom stereocenters. The van der Waals surface area contributed by atoms with Crippen LogP contribution in [0.4, 0.5) is 0 Å². The highest BCUT2D eigenvalue weighted by Gasteiger charge is 2.17. The number of furan rings is 1. The van der Waals surface area contributed by atoms with Gasteiger partial charge in [-0.2, -0.15) is 5.10 Å². The van der Waals surface area contributed by atoms with Crippen molar-refractivity contribution < 1.29 is 4.42 Å². The molecule has 0 aliphatic rings. The molecule has 6 aromatic rings. The monoisotopic (exact) mass is 379 g/mol. The third-order valence-corrected chi connectivity index (χ3v) is 4.80. The van der Waals surface area contributed by atoms with Gasteiger partial charge in [0.1, 0.15) is 11.2 Å². The summed E-state index contributed by atoms with van der Waals surface area (Å²) in [7, 11) is 0. The van der Waals surface area contributed by atoms with Gasteiger partial charge in [-0.15, -0.1) is 0 Å². The highest BCUT2D eigenvalue weighted by Crippen LogP contribution is 2.31. The SMILES string of the molecule is c1cc(-c2ccoc2)c2nc(-c3n[nH]c4ccc(-c5cnccn5)nc34)[nH]c2c1.